The van der Waals surface area contributed by atoms with E-state index in [0.29, 0.717) is 18.7 Å². The van der Waals surface area contributed by atoms with Gasteiger partial charge in [0, 0.05) is 10.9 Å². The van der Waals surface area contributed by atoms with Crippen molar-refractivity contribution in [1.82, 2.24) is 0 Å². The van der Waals surface area contributed by atoms with E-state index >= 15 is 0 Å². The van der Waals surface area contributed by atoms with E-state index in [1.54, 1.807) is 24.3 Å². The van der Waals surface area contributed by atoms with Crippen LogP contribution in [0, 0.1) is 0 Å². The van der Waals surface area contributed by atoms with Crippen LogP contribution in [0.3, 0.4) is 0 Å². The first kappa shape index (κ1) is 11.5. The number of imide groups is 1. The predicted molar refractivity (Wildman–Crippen MR) is 68.3 cm³/mol. The molecule has 1 atom stereocenters. The highest BCUT2D eigenvalue weighted by molar-refractivity contribution is 9.10. The average molecular weight is 308 g/mol. The zero-order chi connectivity index (χ0) is 12.8. The maximum Gasteiger partial charge on any atom is 0.264 e. The van der Waals surface area contributed by atoms with Crippen LogP contribution in [0.2, 0.25) is 0 Å². The summed E-state index contributed by atoms with van der Waals surface area (Å²) in [5.74, 6) is -0.459. The van der Waals surface area contributed by atoms with Crippen LogP contribution in [-0.2, 0) is 9.59 Å². The number of benzene rings is 1. The van der Waals surface area contributed by atoms with E-state index in [4.69, 9.17) is 0 Å². The van der Waals surface area contributed by atoms with Crippen LogP contribution in [0.4, 0.5) is 5.69 Å². The molecule has 0 unspecified atom stereocenters. The molecule has 0 N–H and O–H groups in total. The van der Waals surface area contributed by atoms with Gasteiger partial charge in [-0.15, -0.1) is 0 Å². The third kappa shape index (κ3) is 1.59. The zero-order valence-electron chi connectivity index (χ0n) is 9.47. The summed E-state index contributed by atoms with van der Waals surface area (Å²) in [6.07, 6.45) is 0.663. The molecule has 3 rings (SSSR count). The van der Waals surface area contributed by atoms with Crippen LogP contribution in [0.1, 0.15) is 12.8 Å². The van der Waals surface area contributed by atoms with Crippen molar-refractivity contribution < 1.29 is 9.59 Å². The Balaban J connectivity index is 1.98. The van der Waals surface area contributed by atoms with E-state index in [1.807, 2.05) is 0 Å². The van der Waals surface area contributed by atoms with Gasteiger partial charge in [-0.3, -0.25) is 9.59 Å². The van der Waals surface area contributed by atoms with Gasteiger partial charge in [0.05, 0.1) is 18.7 Å². The molecular formula is C12H10BrN3O2. The van der Waals surface area contributed by atoms with E-state index in [2.05, 4.69) is 26.2 Å². The Morgan fingerprint density at radius 2 is 1.94 bits per heavy atom. The summed E-state index contributed by atoms with van der Waals surface area (Å²) in [6.45, 7) is 0.521. The number of carbonyl (C=O) groups is 2. The molecular weight excluding hydrogens is 298 g/mol. The number of hydrogen-bond acceptors (Lipinski definition) is 4. The van der Waals surface area contributed by atoms with E-state index in [0.717, 1.165) is 4.47 Å². The number of amides is 2. The monoisotopic (exact) mass is 307 g/mol. The molecule has 1 fully saturated rings. The second kappa shape index (κ2) is 3.98. The third-order valence-corrected chi connectivity index (χ3v) is 3.80. The summed E-state index contributed by atoms with van der Waals surface area (Å²) in [5.41, 5.74) is -0.336. The minimum absolute atomic E-state index is 0.130. The SMILES string of the molecule is O=C1C[C@@]2(CCN=N2)C(=O)N1c1ccc(Br)cc1. The molecule has 0 radical (unpaired) electrons. The Kier molecular flexibility index (Phi) is 2.55. The normalized spacial score (nSPS) is 26.6. The number of azo groups is 1. The number of rotatable bonds is 1. The fourth-order valence-corrected chi connectivity index (χ4v) is 2.59. The lowest BCUT2D eigenvalue weighted by Gasteiger charge is -2.17. The highest BCUT2D eigenvalue weighted by Crippen LogP contribution is 2.37. The lowest BCUT2D eigenvalue weighted by Crippen LogP contribution is -2.38. The second-order valence-electron chi connectivity index (χ2n) is 4.43. The fourth-order valence-electron chi connectivity index (χ4n) is 2.32. The van der Waals surface area contributed by atoms with Gasteiger partial charge in [-0.25, -0.2) is 4.90 Å². The van der Waals surface area contributed by atoms with Crippen LogP contribution in [0.15, 0.2) is 39.0 Å². The second-order valence-corrected chi connectivity index (χ2v) is 5.35. The first-order chi connectivity index (χ1) is 8.62. The molecule has 0 aliphatic carbocycles. The Labute approximate surface area is 112 Å². The molecule has 0 aromatic heterocycles. The summed E-state index contributed by atoms with van der Waals surface area (Å²) >= 11 is 3.32. The number of anilines is 1. The van der Waals surface area contributed by atoms with Gasteiger partial charge in [-0.2, -0.15) is 10.2 Å². The van der Waals surface area contributed by atoms with E-state index < -0.39 is 5.54 Å². The van der Waals surface area contributed by atoms with Crippen molar-refractivity contribution in [2.75, 3.05) is 11.4 Å². The van der Waals surface area contributed by atoms with Gasteiger partial charge in [0.2, 0.25) is 5.91 Å². The van der Waals surface area contributed by atoms with Crippen molar-refractivity contribution in [2.45, 2.75) is 18.4 Å². The van der Waals surface area contributed by atoms with E-state index in [-0.39, 0.29) is 18.2 Å². The molecule has 1 saturated heterocycles. The maximum absolute atomic E-state index is 12.4. The molecule has 1 spiro atoms. The molecule has 2 amide bonds. The van der Waals surface area contributed by atoms with Crippen LogP contribution < -0.4 is 4.90 Å². The summed E-state index contributed by atoms with van der Waals surface area (Å²) in [7, 11) is 0. The summed E-state index contributed by atoms with van der Waals surface area (Å²) in [4.78, 5) is 25.6. The topological polar surface area (TPSA) is 62.1 Å². The largest absolute Gasteiger partial charge is 0.274 e. The van der Waals surface area contributed by atoms with Crippen LogP contribution in [0.5, 0.6) is 0 Å². The third-order valence-electron chi connectivity index (χ3n) is 3.27. The molecule has 1 aromatic rings. The van der Waals surface area contributed by atoms with Crippen molar-refractivity contribution in [2.24, 2.45) is 10.2 Å². The minimum atomic E-state index is -0.926. The number of nitrogens with zero attached hydrogens (tertiary/aromatic N) is 3. The lowest BCUT2D eigenvalue weighted by atomic mass is 9.96. The van der Waals surface area contributed by atoms with Crippen molar-refractivity contribution >= 4 is 33.4 Å². The Morgan fingerprint density at radius 1 is 1.22 bits per heavy atom. The first-order valence-corrected chi connectivity index (χ1v) is 6.43. The average Bonchev–Trinajstić information content (AvgIpc) is 2.89. The number of halogens is 1. The number of carbonyl (C=O) groups excluding carboxylic acids is 2. The van der Waals surface area contributed by atoms with Crippen molar-refractivity contribution in [1.29, 1.82) is 0 Å². The highest BCUT2D eigenvalue weighted by atomic mass is 79.9. The molecule has 2 aliphatic rings. The summed E-state index contributed by atoms with van der Waals surface area (Å²) < 4.78 is 0.903. The molecule has 18 heavy (non-hydrogen) atoms. The Morgan fingerprint density at radius 3 is 2.56 bits per heavy atom. The van der Waals surface area contributed by atoms with Crippen molar-refractivity contribution in [3.63, 3.8) is 0 Å². The van der Waals surface area contributed by atoms with Gasteiger partial charge in [0.25, 0.3) is 5.91 Å². The minimum Gasteiger partial charge on any atom is -0.274 e. The molecule has 0 bridgehead atoms. The van der Waals surface area contributed by atoms with Gasteiger partial charge in [-0.05, 0) is 24.3 Å². The van der Waals surface area contributed by atoms with Gasteiger partial charge in [0.15, 0.2) is 5.54 Å². The van der Waals surface area contributed by atoms with Gasteiger partial charge in [-0.1, -0.05) is 15.9 Å². The predicted octanol–water partition coefficient (Wildman–Crippen LogP) is 2.31. The van der Waals surface area contributed by atoms with E-state index in [9.17, 15) is 9.59 Å². The molecule has 2 heterocycles. The lowest BCUT2D eigenvalue weighted by molar-refractivity contribution is -0.122. The number of hydrogen-bond donors (Lipinski definition) is 0. The summed E-state index contributed by atoms with van der Waals surface area (Å²) in [6, 6.07) is 7.09. The van der Waals surface area contributed by atoms with E-state index in [1.165, 1.54) is 4.90 Å². The smallest absolute Gasteiger partial charge is 0.264 e. The Hall–Kier alpha value is -1.56. The molecule has 1 aromatic carbocycles. The van der Waals surface area contributed by atoms with Gasteiger partial charge < -0.3 is 0 Å². The maximum atomic E-state index is 12.4. The quantitative estimate of drug-likeness (QED) is 0.747. The molecule has 2 aliphatic heterocycles. The summed E-state index contributed by atoms with van der Waals surface area (Å²) in [5, 5.41) is 7.86. The van der Waals surface area contributed by atoms with Crippen LogP contribution in [-0.4, -0.2) is 23.9 Å². The van der Waals surface area contributed by atoms with Gasteiger partial charge in [0.1, 0.15) is 0 Å². The van der Waals surface area contributed by atoms with Crippen LogP contribution in [0.25, 0.3) is 0 Å². The molecule has 6 heteroatoms. The fraction of sp³-hybridized carbons (Fsp3) is 0.333. The molecule has 5 nitrogen and oxygen atoms in total. The molecule has 92 valence electrons. The highest BCUT2D eigenvalue weighted by Gasteiger charge is 2.54. The first-order valence-electron chi connectivity index (χ1n) is 5.64. The van der Waals surface area contributed by atoms with Gasteiger partial charge >= 0.3 is 0 Å². The van der Waals surface area contributed by atoms with Crippen molar-refractivity contribution in [3.05, 3.63) is 28.7 Å². The van der Waals surface area contributed by atoms with Crippen LogP contribution >= 0.6 is 15.9 Å². The zero-order valence-corrected chi connectivity index (χ0v) is 11.1. The molecule has 0 saturated carbocycles. The standard InChI is InChI=1S/C12H10BrN3O2/c13-8-1-3-9(4-2-8)16-10(17)7-12(11(16)18)5-6-14-15-12/h1-4H,5-7H2/t12-/m0/s1. The van der Waals surface area contributed by atoms with Crippen molar-refractivity contribution in [3.8, 4) is 0 Å². The Bertz CT molecular complexity index is 555.